The Morgan fingerprint density at radius 1 is 1.00 bits per heavy atom. The van der Waals surface area contributed by atoms with Gasteiger partial charge in [-0.05, 0) is 42.9 Å². The number of anilines is 1. The first-order valence-corrected chi connectivity index (χ1v) is 14.5. The maximum Gasteiger partial charge on any atom is 0.271 e. The highest BCUT2D eigenvalue weighted by molar-refractivity contribution is 7.92. The number of hydrogen-bond acceptors (Lipinski definition) is 7. The lowest BCUT2D eigenvalue weighted by molar-refractivity contribution is 0.0664. The molecule has 3 aromatic heterocycles. The van der Waals surface area contributed by atoms with Crippen LogP contribution in [0, 0.1) is 0 Å². The lowest BCUT2D eigenvalue weighted by atomic mass is 10.1. The fourth-order valence-corrected chi connectivity index (χ4v) is 5.60. The van der Waals surface area contributed by atoms with Gasteiger partial charge in [0.1, 0.15) is 0 Å². The molecule has 1 fully saturated rings. The van der Waals surface area contributed by atoms with E-state index in [0.717, 1.165) is 24.8 Å². The number of carbonyl (C=O) groups is 3. The largest absolute Gasteiger partial charge is 0.336 e. The molecular weight excluding hydrogens is 585 g/mol. The van der Waals surface area contributed by atoms with Crippen LogP contribution in [-0.4, -0.2) is 79.6 Å². The molecule has 5 aromatic rings. The molecule has 1 N–H and O–H groups in total. The zero-order valence-corrected chi connectivity index (χ0v) is 24.5. The van der Waals surface area contributed by atoms with Gasteiger partial charge in [-0.25, -0.2) is 3.97 Å². The van der Waals surface area contributed by atoms with Gasteiger partial charge in [-0.1, -0.05) is 30.3 Å². The van der Waals surface area contributed by atoms with Crippen LogP contribution in [0.5, 0.6) is 0 Å². The van der Waals surface area contributed by atoms with Crippen molar-refractivity contribution in [3.8, 4) is 11.3 Å². The summed E-state index contributed by atoms with van der Waals surface area (Å²) < 4.78 is 17.5. The molecule has 44 heavy (non-hydrogen) atoms. The van der Waals surface area contributed by atoms with E-state index in [9.17, 15) is 23.1 Å². The van der Waals surface area contributed by atoms with Crippen LogP contribution < -0.4 is 10.9 Å². The number of hydrogen-bond donors (Lipinski definition) is 1. The van der Waals surface area contributed by atoms with Gasteiger partial charge in [-0.3, -0.25) is 28.4 Å². The van der Waals surface area contributed by atoms with Crippen LogP contribution in [0.25, 0.3) is 22.2 Å². The molecular formula is C31H28FN7O4S. The van der Waals surface area contributed by atoms with Gasteiger partial charge in [-0.15, -0.1) is 3.89 Å². The van der Waals surface area contributed by atoms with Gasteiger partial charge in [0.05, 0.1) is 40.8 Å². The maximum absolute atomic E-state index is 13.9. The third-order valence-corrected chi connectivity index (χ3v) is 8.08. The quantitative estimate of drug-likeness (QED) is 0.265. The number of nitrogens with zero attached hydrogens (tertiary/aromatic N) is 6. The number of amides is 2. The summed E-state index contributed by atoms with van der Waals surface area (Å²) in [5, 5.41) is 7.56. The van der Waals surface area contributed by atoms with Gasteiger partial charge >= 0.3 is 0 Å². The average Bonchev–Trinajstić information content (AvgIpc) is 3.64. The second-order valence-corrected chi connectivity index (χ2v) is 11.1. The minimum Gasteiger partial charge on any atom is -0.336 e. The van der Waals surface area contributed by atoms with Gasteiger partial charge < -0.3 is 15.1 Å². The molecule has 0 unspecified atom stereocenters. The summed E-state index contributed by atoms with van der Waals surface area (Å²) in [6, 6.07) is 17.6. The molecule has 1 aliphatic heterocycles. The van der Waals surface area contributed by atoms with Crippen LogP contribution in [0.4, 0.5) is 9.57 Å². The molecule has 2 aromatic carbocycles. The lowest BCUT2D eigenvalue weighted by Gasteiger charge is -2.32. The van der Waals surface area contributed by atoms with E-state index in [1.165, 1.54) is 16.8 Å². The number of fused-ring (bicyclic) bond motifs is 1. The van der Waals surface area contributed by atoms with E-state index in [1.807, 2.05) is 37.4 Å². The van der Waals surface area contributed by atoms with Crippen molar-refractivity contribution in [2.24, 2.45) is 0 Å². The molecule has 1 aliphatic rings. The first-order chi connectivity index (χ1) is 21.3. The highest BCUT2D eigenvalue weighted by atomic mass is 32.2. The predicted octanol–water partition coefficient (Wildman–Crippen LogP) is 3.77. The molecule has 2 amide bonds. The first-order valence-electron chi connectivity index (χ1n) is 13.9. The normalized spacial score (nSPS) is 13.7. The van der Waals surface area contributed by atoms with Crippen LogP contribution in [0.1, 0.15) is 26.3 Å². The molecule has 0 atom stereocenters. The number of rotatable bonds is 8. The number of piperazine rings is 1. The number of nitrogens with one attached hydrogen (secondary N) is 1. The fraction of sp³-hybridized carbons (Fsp3) is 0.194. The summed E-state index contributed by atoms with van der Waals surface area (Å²) in [5.74, 6) is -0.718. The lowest BCUT2D eigenvalue weighted by Crippen LogP contribution is -2.47. The predicted molar refractivity (Wildman–Crippen MR) is 167 cm³/mol. The molecule has 0 spiro atoms. The Morgan fingerprint density at radius 2 is 1.77 bits per heavy atom. The highest BCUT2D eigenvalue weighted by Crippen LogP contribution is 2.28. The zero-order chi connectivity index (χ0) is 30.8. The van der Waals surface area contributed by atoms with Gasteiger partial charge in [0.15, 0.2) is 12.3 Å². The monoisotopic (exact) mass is 613 g/mol. The zero-order valence-electron chi connectivity index (χ0n) is 23.7. The fourth-order valence-electron chi connectivity index (χ4n) is 5.29. The number of pyridine rings is 1. The topological polar surface area (TPSA) is 114 Å². The van der Waals surface area contributed by atoms with Crippen molar-refractivity contribution in [1.29, 1.82) is 0 Å². The van der Waals surface area contributed by atoms with E-state index in [0.29, 0.717) is 52.2 Å². The van der Waals surface area contributed by atoms with E-state index in [1.54, 1.807) is 40.0 Å². The number of aromatic nitrogens is 4. The average molecular weight is 614 g/mol. The molecule has 224 valence electrons. The Labute approximate surface area is 255 Å². The van der Waals surface area contributed by atoms with Crippen molar-refractivity contribution in [1.82, 2.24) is 28.1 Å². The molecule has 0 saturated carbocycles. The van der Waals surface area contributed by atoms with E-state index >= 15 is 0 Å². The van der Waals surface area contributed by atoms with Crippen LogP contribution in [-0.2, 0) is 11.3 Å². The summed E-state index contributed by atoms with van der Waals surface area (Å²) in [7, 11) is 2.01. The first kappa shape index (κ1) is 29.1. The Hall–Kier alpha value is -5.01. The van der Waals surface area contributed by atoms with E-state index in [-0.39, 0.29) is 35.1 Å². The smallest absolute Gasteiger partial charge is 0.271 e. The van der Waals surface area contributed by atoms with Crippen LogP contribution >= 0.6 is 12.3 Å². The molecule has 4 heterocycles. The Kier molecular flexibility index (Phi) is 8.13. The Balaban J connectivity index is 1.30. The van der Waals surface area contributed by atoms with Gasteiger partial charge in [-0.2, -0.15) is 5.10 Å². The maximum atomic E-state index is 13.9. The minimum absolute atomic E-state index is 0.00537. The van der Waals surface area contributed by atoms with Crippen molar-refractivity contribution in [2.75, 3.05) is 38.5 Å². The van der Waals surface area contributed by atoms with E-state index < -0.39 is 11.5 Å². The molecule has 0 radical (unpaired) electrons. The van der Waals surface area contributed by atoms with Gasteiger partial charge in [0.25, 0.3) is 17.4 Å². The molecule has 6 rings (SSSR count). The van der Waals surface area contributed by atoms with Gasteiger partial charge in [0.2, 0.25) is 6.41 Å². The summed E-state index contributed by atoms with van der Waals surface area (Å²) in [5.41, 5.74) is 1.72. The van der Waals surface area contributed by atoms with Crippen molar-refractivity contribution in [3.63, 3.8) is 0 Å². The van der Waals surface area contributed by atoms with E-state index in [2.05, 4.69) is 15.3 Å². The Bertz CT molecular complexity index is 1930. The van der Waals surface area contributed by atoms with E-state index in [4.69, 9.17) is 0 Å². The third kappa shape index (κ3) is 5.79. The second kappa shape index (κ2) is 12.3. The van der Waals surface area contributed by atoms with Crippen molar-refractivity contribution in [2.45, 2.75) is 6.54 Å². The van der Waals surface area contributed by atoms with Crippen molar-refractivity contribution < 1.29 is 18.3 Å². The number of likely N-dealkylation sites (N-methyl/N-ethyl adjacent to an activating group) is 1. The van der Waals surface area contributed by atoms with Crippen LogP contribution in [0.15, 0.2) is 84.0 Å². The third-order valence-electron chi connectivity index (χ3n) is 7.66. The molecule has 11 nitrogen and oxygen atoms in total. The highest BCUT2D eigenvalue weighted by Gasteiger charge is 2.23. The number of carbonyl (C=O) groups excluding carboxylic acids is 3. The molecule has 13 heteroatoms. The van der Waals surface area contributed by atoms with Gasteiger partial charge in [0, 0.05) is 49.5 Å². The van der Waals surface area contributed by atoms with Crippen LogP contribution in [0.2, 0.25) is 0 Å². The summed E-state index contributed by atoms with van der Waals surface area (Å²) in [6.07, 6.45) is 4.80. The van der Waals surface area contributed by atoms with Crippen LogP contribution in [0.3, 0.4) is 0 Å². The summed E-state index contributed by atoms with van der Waals surface area (Å²) in [4.78, 5) is 55.8. The Morgan fingerprint density at radius 3 is 2.50 bits per heavy atom. The number of benzene rings is 2. The second-order valence-electron chi connectivity index (χ2n) is 10.6. The minimum atomic E-state index is -0.746. The SMILES string of the molecule is CN1CCN(C(=O)c2ccc3c(c2)cc(-c2cc(C(=O)Nc4cnn(Cc5ccccc5)c4)cn(SF)c2=O)n3C=O)CC1. The molecule has 0 aliphatic carbocycles. The molecule has 1 saturated heterocycles. The molecule has 0 bridgehead atoms. The van der Waals surface area contributed by atoms with Crippen molar-refractivity contribution >= 4 is 47.1 Å². The standard InChI is InChI=1S/C31H28FN7O4S/c1-35-9-11-36(12-10-35)30(42)22-7-8-27-23(13-22)15-28(38(27)20-40)26-14-24(18-39(44-32)31(26)43)29(41)34-25-16-33-37(19-25)17-21-5-3-2-4-6-21/h2-8,13-16,18-20H,9-12,17H2,1H3,(H,34,41). The summed E-state index contributed by atoms with van der Waals surface area (Å²) >= 11 is -0.353. The summed E-state index contributed by atoms with van der Waals surface area (Å²) in [6.45, 7) is 3.27. The number of halogens is 1. The van der Waals surface area contributed by atoms with Crippen molar-refractivity contribution in [3.05, 3.63) is 106 Å².